The fraction of sp³-hybridized carbons (Fsp3) is 0.647. The Morgan fingerprint density at radius 1 is 1.43 bits per heavy atom. The lowest BCUT2D eigenvalue weighted by molar-refractivity contribution is -0.0357. The summed E-state index contributed by atoms with van der Waals surface area (Å²) in [6, 6.07) is 0. The molecule has 1 aliphatic heterocycles. The maximum Gasteiger partial charge on any atom is 0.259 e. The van der Waals surface area contributed by atoms with Crippen molar-refractivity contribution >= 4 is 21.6 Å². The summed E-state index contributed by atoms with van der Waals surface area (Å²) in [5.74, 6) is 0.791. The molecule has 0 aromatic carbocycles. The monoisotopic (exact) mass is 333 g/mol. The second kappa shape index (κ2) is 6.34. The molecule has 3 heterocycles. The number of H-pyrrole nitrogens is 1. The van der Waals surface area contributed by atoms with Gasteiger partial charge in [0.15, 0.2) is 0 Å². The predicted molar refractivity (Wildman–Crippen MR) is 92.2 cm³/mol. The average molecular weight is 333 g/mol. The van der Waals surface area contributed by atoms with Crippen molar-refractivity contribution in [3.8, 4) is 0 Å². The average Bonchev–Trinajstić information content (AvgIpc) is 3.08. The number of fused-ring (bicyclic) bond motifs is 3. The number of hydrogen-bond acceptors (Lipinski definition) is 5. The Balaban J connectivity index is 1.56. The van der Waals surface area contributed by atoms with Crippen molar-refractivity contribution in [2.75, 3.05) is 19.7 Å². The number of aromatic nitrogens is 2. The van der Waals surface area contributed by atoms with Gasteiger partial charge in [0.25, 0.3) is 5.56 Å². The second-order valence-corrected chi connectivity index (χ2v) is 7.65. The van der Waals surface area contributed by atoms with Crippen molar-refractivity contribution in [3.63, 3.8) is 0 Å². The summed E-state index contributed by atoms with van der Waals surface area (Å²) in [6.07, 6.45) is 5.85. The molecule has 0 bridgehead atoms. The summed E-state index contributed by atoms with van der Waals surface area (Å²) >= 11 is 1.71. The van der Waals surface area contributed by atoms with Crippen LogP contribution in [0.1, 0.15) is 42.5 Å². The first-order valence-electron chi connectivity index (χ1n) is 8.62. The van der Waals surface area contributed by atoms with E-state index in [9.17, 15) is 4.79 Å². The first-order chi connectivity index (χ1) is 11.2. The quantitative estimate of drug-likeness (QED) is 0.934. The Bertz CT molecular complexity index is 765. The van der Waals surface area contributed by atoms with Crippen LogP contribution in [0.15, 0.2) is 4.79 Å². The zero-order valence-electron chi connectivity index (χ0n) is 13.6. The van der Waals surface area contributed by atoms with E-state index in [1.165, 1.54) is 16.9 Å². The van der Waals surface area contributed by atoms with Gasteiger partial charge in [0.05, 0.1) is 24.6 Å². The summed E-state index contributed by atoms with van der Waals surface area (Å²) in [6.45, 7) is 5.49. The second-order valence-electron chi connectivity index (χ2n) is 6.57. The normalized spacial score (nSPS) is 21.9. The summed E-state index contributed by atoms with van der Waals surface area (Å²) in [7, 11) is 0. The molecule has 2 aliphatic rings. The fourth-order valence-corrected chi connectivity index (χ4v) is 5.04. The van der Waals surface area contributed by atoms with E-state index < -0.39 is 0 Å². The largest absolute Gasteiger partial charge is 0.376 e. The highest BCUT2D eigenvalue weighted by atomic mass is 32.1. The van der Waals surface area contributed by atoms with Crippen LogP contribution < -0.4 is 5.56 Å². The minimum Gasteiger partial charge on any atom is -0.376 e. The van der Waals surface area contributed by atoms with Crippen LogP contribution >= 0.6 is 11.3 Å². The minimum atomic E-state index is 0.0442. The van der Waals surface area contributed by atoms with Gasteiger partial charge < -0.3 is 9.72 Å². The number of nitrogens with one attached hydrogen (secondary N) is 1. The smallest absolute Gasteiger partial charge is 0.259 e. The van der Waals surface area contributed by atoms with Gasteiger partial charge in [0, 0.05) is 18.0 Å². The minimum absolute atomic E-state index is 0.0442. The summed E-state index contributed by atoms with van der Waals surface area (Å²) in [5.41, 5.74) is 1.29. The molecule has 2 aromatic rings. The number of ether oxygens (including phenoxy) is 1. The third kappa shape index (κ3) is 2.95. The van der Waals surface area contributed by atoms with Crippen LogP contribution in [0.2, 0.25) is 0 Å². The molecule has 1 N–H and O–H groups in total. The lowest BCUT2D eigenvalue weighted by atomic mass is 10.1. The Morgan fingerprint density at radius 2 is 2.35 bits per heavy atom. The van der Waals surface area contributed by atoms with Crippen molar-refractivity contribution in [1.82, 2.24) is 14.9 Å². The van der Waals surface area contributed by atoms with Gasteiger partial charge in [-0.25, -0.2) is 4.98 Å². The number of aryl methyl sites for hydroxylation is 2. The van der Waals surface area contributed by atoms with Crippen LogP contribution in [0.3, 0.4) is 0 Å². The zero-order valence-corrected chi connectivity index (χ0v) is 14.4. The predicted octanol–water partition coefficient (Wildman–Crippen LogP) is 2.47. The maximum atomic E-state index is 12.5. The number of rotatable bonds is 4. The molecular formula is C17H23N3O2S. The van der Waals surface area contributed by atoms with Crippen LogP contribution in [0.5, 0.6) is 0 Å². The van der Waals surface area contributed by atoms with Crippen molar-refractivity contribution in [2.24, 2.45) is 0 Å². The van der Waals surface area contributed by atoms with Gasteiger partial charge in [-0.1, -0.05) is 13.3 Å². The molecule has 1 saturated heterocycles. The van der Waals surface area contributed by atoms with Gasteiger partial charge in [-0.15, -0.1) is 11.3 Å². The number of morpholine rings is 1. The number of hydrogen-bond donors (Lipinski definition) is 1. The van der Waals surface area contributed by atoms with Gasteiger partial charge in [-0.3, -0.25) is 9.69 Å². The molecule has 124 valence electrons. The SMILES string of the molecule is CCCC1CN(Cc2nc3sc4c(c3c(=O)[nH]2)CCC4)CCO1. The molecular weight excluding hydrogens is 310 g/mol. The lowest BCUT2D eigenvalue weighted by Gasteiger charge is -2.32. The molecule has 23 heavy (non-hydrogen) atoms. The maximum absolute atomic E-state index is 12.5. The topological polar surface area (TPSA) is 58.2 Å². The molecule has 1 unspecified atom stereocenters. The highest BCUT2D eigenvalue weighted by molar-refractivity contribution is 7.18. The van der Waals surface area contributed by atoms with Crippen LogP contribution in [-0.2, 0) is 24.1 Å². The Morgan fingerprint density at radius 3 is 3.22 bits per heavy atom. The summed E-state index contributed by atoms with van der Waals surface area (Å²) < 4.78 is 5.79. The Hall–Kier alpha value is -1.24. The molecule has 0 amide bonds. The number of aromatic amines is 1. The van der Waals surface area contributed by atoms with Crippen LogP contribution in [0.25, 0.3) is 10.2 Å². The molecule has 2 aromatic heterocycles. The van der Waals surface area contributed by atoms with Gasteiger partial charge in [0.2, 0.25) is 0 Å². The molecule has 1 atom stereocenters. The molecule has 4 rings (SSSR count). The van der Waals surface area contributed by atoms with E-state index in [2.05, 4.69) is 16.8 Å². The Kier molecular flexibility index (Phi) is 4.22. The molecule has 0 radical (unpaired) electrons. The van der Waals surface area contributed by atoms with E-state index in [0.717, 1.165) is 61.4 Å². The first-order valence-corrected chi connectivity index (χ1v) is 9.43. The lowest BCUT2D eigenvalue weighted by Crippen LogP contribution is -2.42. The zero-order chi connectivity index (χ0) is 15.8. The van der Waals surface area contributed by atoms with E-state index in [1.807, 2.05) is 0 Å². The van der Waals surface area contributed by atoms with Crippen molar-refractivity contribution < 1.29 is 4.74 Å². The molecule has 0 spiro atoms. The molecule has 6 heteroatoms. The van der Waals surface area contributed by atoms with E-state index in [1.54, 1.807) is 11.3 Å². The first kappa shape index (κ1) is 15.3. The highest BCUT2D eigenvalue weighted by Crippen LogP contribution is 2.34. The summed E-state index contributed by atoms with van der Waals surface area (Å²) in [5, 5.41) is 0.845. The van der Waals surface area contributed by atoms with Crippen molar-refractivity contribution in [3.05, 3.63) is 26.6 Å². The van der Waals surface area contributed by atoms with Crippen molar-refractivity contribution in [1.29, 1.82) is 0 Å². The van der Waals surface area contributed by atoms with Crippen LogP contribution in [-0.4, -0.2) is 40.7 Å². The fourth-order valence-electron chi connectivity index (χ4n) is 3.75. The van der Waals surface area contributed by atoms with E-state index >= 15 is 0 Å². The molecule has 0 saturated carbocycles. The van der Waals surface area contributed by atoms with Gasteiger partial charge in [-0.05, 0) is 31.2 Å². The standard InChI is InChI=1S/C17H23N3O2S/c1-2-4-11-9-20(7-8-22-11)10-14-18-16(21)15-12-5-3-6-13(12)23-17(15)19-14/h11H,2-10H2,1H3,(H,18,19,21). The van der Waals surface area contributed by atoms with E-state index in [0.29, 0.717) is 12.6 Å². The highest BCUT2D eigenvalue weighted by Gasteiger charge is 2.23. The number of thiophene rings is 1. The van der Waals surface area contributed by atoms with Crippen LogP contribution in [0, 0.1) is 0 Å². The van der Waals surface area contributed by atoms with E-state index in [-0.39, 0.29) is 5.56 Å². The molecule has 5 nitrogen and oxygen atoms in total. The van der Waals surface area contributed by atoms with Gasteiger partial charge in [0.1, 0.15) is 10.7 Å². The Labute approximate surface area is 139 Å². The van der Waals surface area contributed by atoms with Gasteiger partial charge in [-0.2, -0.15) is 0 Å². The third-order valence-electron chi connectivity index (χ3n) is 4.83. The number of nitrogens with zero attached hydrogens (tertiary/aromatic N) is 2. The van der Waals surface area contributed by atoms with E-state index in [4.69, 9.17) is 9.72 Å². The molecule has 1 aliphatic carbocycles. The van der Waals surface area contributed by atoms with Crippen molar-refractivity contribution in [2.45, 2.75) is 51.7 Å². The third-order valence-corrected chi connectivity index (χ3v) is 6.02. The molecule has 1 fully saturated rings. The van der Waals surface area contributed by atoms with Crippen LogP contribution in [0.4, 0.5) is 0 Å². The van der Waals surface area contributed by atoms with Gasteiger partial charge >= 0.3 is 0 Å². The summed E-state index contributed by atoms with van der Waals surface area (Å²) in [4.78, 5) is 24.9.